The smallest absolute Gasteiger partial charge is 0.208 e. The summed E-state index contributed by atoms with van der Waals surface area (Å²) in [7, 11) is 0. The van der Waals surface area contributed by atoms with Gasteiger partial charge in [-0.05, 0) is 30.9 Å². The van der Waals surface area contributed by atoms with E-state index in [0.717, 1.165) is 31.1 Å². The van der Waals surface area contributed by atoms with Crippen molar-refractivity contribution in [2.24, 2.45) is 16.8 Å². The van der Waals surface area contributed by atoms with Crippen molar-refractivity contribution in [3.05, 3.63) is 0 Å². The van der Waals surface area contributed by atoms with Crippen LogP contribution in [-0.2, 0) is 0 Å². The average Bonchev–Trinajstić information content (AvgIpc) is 2.26. The van der Waals surface area contributed by atoms with E-state index in [9.17, 15) is 0 Å². The zero-order valence-electron chi connectivity index (χ0n) is 11.7. The second kappa shape index (κ2) is 9.35. The number of amidine groups is 1. The largest absolute Gasteiger partial charge is 0.351 e. The lowest BCUT2D eigenvalue weighted by molar-refractivity contribution is 0.359. The number of nitrogens with zero attached hydrogens (tertiary/aromatic N) is 3. The van der Waals surface area contributed by atoms with Crippen molar-refractivity contribution in [2.75, 3.05) is 19.3 Å². The maximum Gasteiger partial charge on any atom is 0.208 e. The molecule has 0 aliphatic rings. The van der Waals surface area contributed by atoms with E-state index in [-0.39, 0.29) is 0 Å². The van der Waals surface area contributed by atoms with E-state index in [2.05, 4.69) is 37.6 Å². The number of thioether (sulfide) groups is 1. The third kappa shape index (κ3) is 8.09. The quantitative estimate of drug-likeness (QED) is 0.414. The Labute approximate surface area is 110 Å². The molecule has 0 aliphatic carbocycles. The number of aliphatic imine (C=N–C) groups is 1. The fourth-order valence-corrected chi connectivity index (χ4v) is 1.99. The molecule has 17 heavy (non-hydrogen) atoms. The van der Waals surface area contributed by atoms with Crippen LogP contribution in [0.4, 0.5) is 0 Å². The lowest BCUT2D eigenvalue weighted by Crippen LogP contribution is -2.32. The van der Waals surface area contributed by atoms with Gasteiger partial charge in [0.2, 0.25) is 6.19 Å². The first-order chi connectivity index (χ1) is 8.01. The number of hydrogen-bond donors (Lipinski definition) is 0. The van der Waals surface area contributed by atoms with E-state index in [0.29, 0.717) is 11.8 Å². The van der Waals surface area contributed by atoms with Crippen LogP contribution in [0.1, 0.15) is 40.5 Å². The lowest BCUT2D eigenvalue weighted by atomic mass is 10.1. The van der Waals surface area contributed by atoms with Gasteiger partial charge in [0.15, 0.2) is 5.17 Å². The highest BCUT2D eigenvalue weighted by Gasteiger charge is 2.11. The molecule has 0 saturated heterocycles. The van der Waals surface area contributed by atoms with E-state index in [1.54, 1.807) is 11.8 Å². The SMILES string of the molecule is CSC(=NC#N)N(CCC(C)C)CCC(C)C. The molecule has 0 aliphatic heterocycles. The molecule has 0 heterocycles. The first kappa shape index (κ1) is 16.3. The van der Waals surface area contributed by atoms with Gasteiger partial charge >= 0.3 is 0 Å². The first-order valence-corrected chi connectivity index (χ1v) is 7.49. The van der Waals surface area contributed by atoms with Gasteiger partial charge in [-0.15, -0.1) is 4.99 Å². The Morgan fingerprint density at radius 2 is 1.65 bits per heavy atom. The molecular formula is C13H25N3S. The van der Waals surface area contributed by atoms with Gasteiger partial charge in [0.25, 0.3) is 0 Å². The predicted molar refractivity (Wildman–Crippen MR) is 77.0 cm³/mol. The normalized spacial score (nSPS) is 12.0. The van der Waals surface area contributed by atoms with Gasteiger partial charge < -0.3 is 4.90 Å². The average molecular weight is 255 g/mol. The summed E-state index contributed by atoms with van der Waals surface area (Å²) < 4.78 is 0. The number of nitriles is 1. The van der Waals surface area contributed by atoms with Crippen LogP contribution in [0.2, 0.25) is 0 Å². The molecule has 4 heteroatoms. The standard InChI is InChI=1S/C13H25N3S/c1-11(2)6-8-16(9-7-12(3)4)13(17-5)15-10-14/h11-12H,6-9H2,1-5H3. The Kier molecular flexibility index (Phi) is 8.97. The summed E-state index contributed by atoms with van der Waals surface area (Å²) in [6.45, 7) is 10.9. The van der Waals surface area contributed by atoms with Crippen molar-refractivity contribution >= 4 is 16.9 Å². The van der Waals surface area contributed by atoms with Crippen LogP contribution in [0.5, 0.6) is 0 Å². The number of hydrogen-bond acceptors (Lipinski definition) is 3. The zero-order valence-corrected chi connectivity index (χ0v) is 12.5. The molecule has 0 bridgehead atoms. The van der Waals surface area contributed by atoms with Crippen LogP contribution < -0.4 is 0 Å². The van der Waals surface area contributed by atoms with E-state index in [1.165, 1.54) is 0 Å². The summed E-state index contributed by atoms with van der Waals surface area (Å²) in [5.41, 5.74) is 0. The van der Waals surface area contributed by atoms with E-state index in [1.807, 2.05) is 12.4 Å². The van der Waals surface area contributed by atoms with Crippen molar-refractivity contribution in [1.29, 1.82) is 5.26 Å². The van der Waals surface area contributed by atoms with Crippen LogP contribution >= 0.6 is 11.8 Å². The Morgan fingerprint density at radius 3 is 1.94 bits per heavy atom. The molecule has 0 fully saturated rings. The molecular weight excluding hydrogens is 230 g/mol. The first-order valence-electron chi connectivity index (χ1n) is 6.27. The van der Waals surface area contributed by atoms with Crippen LogP contribution in [0.3, 0.4) is 0 Å². The second-order valence-electron chi connectivity index (χ2n) is 5.05. The van der Waals surface area contributed by atoms with Crippen molar-refractivity contribution < 1.29 is 0 Å². The van der Waals surface area contributed by atoms with Gasteiger partial charge in [-0.3, -0.25) is 0 Å². The molecule has 98 valence electrons. The zero-order chi connectivity index (χ0) is 13.3. The highest BCUT2D eigenvalue weighted by Crippen LogP contribution is 2.12. The molecule has 0 spiro atoms. The maximum absolute atomic E-state index is 8.69. The molecule has 0 aromatic carbocycles. The molecule has 0 rings (SSSR count). The van der Waals surface area contributed by atoms with E-state index >= 15 is 0 Å². The highest BCUT2D eigenvalue weighted by atomic mass is 32.2. The second-order valence-corrected chi connectivity index (χ2v) is 5.82. The summed E-state index contributed by atoms with van der Waals surface area (Å²) in [6.07, 6.45) is 6.16. The Bertz CT molecular complexity index is 254. The van der Waals surface area contributed by atoms with Gasteiger partial charge in [-0.25, -0.2) is 0 Å². The van der Waals surface area contributed by atoms with Gasteiger partial charge in [-0.2, -0.15) is 5.26 Å². The monoisotopic (exact) mass is 255 g/mol. The Balaban J connectivity index is 4.48. The van der Waals surface area contributed by atoms with Crippen LogP contribution in [0.25, 0.3) is 0 Å². The molecule has 0 unspecified atom stereocenters. The molecule has 0 atom stereocenters. The third-order valence-corrected chi connectivity index (χ3v) is 3.27. The predicted octanol–water partition coefficient (Wildman–Crippen LogP) is 3.58. The van der Waals surface area contributed by atoms with Crippen molar-refractivity contribution in [2.45, 2.75) is 40.5 Å². The van der Waals surface area contributed by atoms with Crippen molar-refractivity contribution in [1.82, 2.24) is 4.90 Å². The van der Waals surface area contributed by atoms with Gasteiger partial charge in [-0.1, -0.05) is 39.5 Å². The summed E-state index contributed by atoms with van der Waals surface area (Å²) in [5.74, 6) is 1.36. The Morgan fingerprint density at radius 1 is 1.18 bits per heavy atom. The molecule has 0 radical (unpaired) electrons. The fourth-order valence-electron chi connectivity index (χ4n) is 1.42. The number of rotatable bonds is 6. The maximum atomic E-state index is 8.69. The highest BCUT2D eigenvalue weighted by molar-refractivity contribution is 8.13. The minimum Gasteiger partial charge on any atom is -0.351 e. The van der Waals surface area contributed by atoms with Crippen LogP contribution in [0, 0.1) is 23.3 Å². The van der Waals surface area contributed by atoms with Crippen LogP contribution in [0.15, 0.2) is 4.99 Å². The molecule has 0 N–H and O–H groups in total. The minimum absolute atomic E-state index is 0.682. The Hall–Kier alpha value is -0.690. The fraction of sp³-hybridized carbons (Fsp3) is 0.846. The van der Waals surface area contributed by atoms with Gasteiger partial charge in [0, 0.05) is 13.1 Å². The molecule has 0 aromatic rings. The van der Waals surface area contributed by atoms with Gasteiger partial charge in [0.1, 0.15) is 0 Å². The van der Waals surface area contributed by atoms with Gasteiger partial charge in [0.05, 0.1) is 0 Å². The molecule has 3 nitrogen and oxygen atoms in total. The molecule has 0 amide bonds. The molecule has 0 aromatic heterocycles. The summed E-state index contributed by atoms with van der Waals surface area (Å²) in [5, 5.41) is 9.55. The summed E-state index contributed by atoms with van der Waals surface area (Å²) in [4.78, 5) is 6.15. The topological polar surface area (TPSA) is 39.4 Å². The molecule has 0 saturated carbocycles. The van der Waals surface area contributed by atoms with E-state index < -0.39 is 0 Å². The summed E-state index contributed by atoms with van der Waals surface area (Å²) in [6, 6.07) is 0. The lowest BCUT2D eigenvalue weighted by Gasteiger charge is -2.25. The van der Waals surface area contributed by atoms with Crippen molar-refractivity contribution in [3.8, 4) is 6.19 Å². The third-order valence-electron chi connectivity index (χ3n) is 2.55. The minimum atomic E-state index is 0.682. The summed E-state index contributed by atoms with van der Waals surface area (Å²) >= 11 is 1.56. The van der Waals surface area contributed by atoms with Crippen LogP contribution in [-0.4, -0.2) is 29.4 Å². The van der Waals surface area contributed by atoms with Crippen molar-refractivity contribution in [3.63, 3.8) is 0 Å². The van der Waals surface area contributed by atoms with E-state index in [4.69, 9.17) is 5.26 Å².